The van der Waals surface area contributed by atoms with Crippen LogP contribution in [0.4, 0.5) is 0 Å². The number of nitrogens with one attached hydrogen (secondary N) is 1. The van der Waals surface area contributed by atoms with Gasteiger partial charge in [-0.25, -0.2) is 0 Å². The zero-order valence-electron chi connectivity index (χ0n) is 18.7. The third-order valence-electron chi connectivity index (χ3n) is 6.29. The normalized spacial score (nSPS) is 15.5. The van der Waals surface area contributed by atoms with Crippen LogP contribution < -0.4 is 10.1 Å². The van der Waals surface area contributed by atoms with Gasteiger partial charge in [-0.3, -0.25) is 9.59 Å². The first kappa shape index (κ1) is 21.9. The molecule has 0 bridgehead atoms. The number of furan rings is 1. The molecule has 1 N–H and O–H groups in total. The maximum atomic E-state index is 13.1. The van der Waals surface area contributed by atoms with Crippen molar-refractivity contribution in [3.05, 3.63) is 65.9 Å². The summed E-state index contributed by atoms with van der Waals surface area (Å²) < 4.78 is 10.8. The van der Waals surface area contributed by atoms with Crippen LogP contribution in [0.5, 0.6) is 5.75 Å². The van der Waals surface area contributed by atoms with Gasteiger partial charge in [0.15, 0.2) is 0 Å². The summed E-state index contributed by atoms with van der Waals surface area (Å²) >= 11 is 0. The van der Waals surface area contributed by atoms with Gasteiger partial charge in [0.05, 0.1) is 25.7 Å². The Kier molecular flexibility index (Phi) is 6.78. The van der Waals surface area contributed by atoms with E-state index in [-0.39, 0.29) is 30.2 Å². The first-order valence-corrected chi connectivity index (χ1v) is 11.3. The number of methoxy groups -OCH3 is 1. The smallest absolute Gasteiger partial charge is 0.230 e. The van der Waals surface area contributed by atoms with Gasteiger partial charge in [-0.05, 0) is 37.0 Å². The Bertz CT molecular complexity index is 1070. The average molecular weight is 435 g/mol. The molecule has 1 aliphatic rings. The predicted molar refractivity (Wildman–Crippen MR) is 124 cm³/mol. The number of hydrogen-bond donors (Lipinski definition) is 1. The van der Waals surface area contributed by atoms with E-state index in [4.69, 9.17) is 9.15 Å². The Morgan fingerprint density at radius 2 is 1.91 bits per heavy atom. The highest BCUT2D eigenvalue weighted by molar-refractivity contribution is 5.88. The maximum absolute atomic E-state index is 13.1. The number of nitrogens with zero attached hydrogens (tertiary/aromatic N) is 1. The summed E-state index contributed by atoms with van der Waals surface area (Å²) in [5.41, 5.74) is 2.64. The van der Waals surface area contributed by atoms with Crippen LogP contribution in [-0.2, 0) is 16.0 Å². The zero-order chi connectivity index (χ0) is 22.5. The zero-order valence-corrected chi connectivity index (χ0v) is 18.7. The van der Waals surface area contributed by atoms with E-state index < -0.39 is 0 Å². The van der Waals surface area contributed by atoms with Gasteiger partial charge in [0.1, 0.15) is 11.3 Å². The van der Waals surface area contributed by atoms with Crippen LogP contribution in [0, 0.1) is 0 Å². The van der Waals surface area contributed by atoms with E-state index >= 15 is 0 Å². The highest BCUT2D eigenvalue weighted by Crippen LogP contribution is 2.26. The molecule has 3 aromatic rings. The van der Waals surface area contributed by atoms with Gasteiger partial charge in [-0.15, -0.1) is 0 Å². The van der Waals surface area contributed by atoms with Crippen LogP contribution in [0.2, 0.25) is 0 Å². The first-order chi connectivity index (χ1) is 15.6. The summed E-state index contributed by atoms with van der Waals surface area (Å²) in [6, 6.07) is 15.7. The van der Waals surface area contributed by atoms with Gasteiger partial charge in [-0.2, -0.15) is 0 Å². The van der Waals surface area contributed by atoms with Gasteiger partial charge in [0.25, 0.3) is 0 Å². The van der Waals surface area contributed by atoms with Crippen LogP contribution in [0.1, 0.15) is 43.2 Å². The predicted octanol–water partition coefficient (Wildman–Crippen LogP) is 4.28. The Hall–Kier alpha value is -3.28. The van der Waals surface area contributed by atoms with Crippen molar-refractivity contribution in [1.29, 1.82) is 0 Å². The van der Waals surface area contributed by atoms with E-state index in [1.165, 1.54) is 0 Å². The Balaban J connectivity index is 1.30. The molecule has 168 valence electrons. The van der Waals surface area contributed by atoms with Gasteiger partial charge in [0, 0.05) is 36.1 Å². The fourth-order valence-electron chi connectivity index (χ4n) is 4.48. The minimum atomic E-state index is -0.102. The van der Waals surface area contributed by atoms with Crippen LogP contribution in [0.25, 0.3) is 11.0 Å². The molecule has 4 rings (SSSR count). The summed E-state index contributed by atoms with van der Waals surface area (Å²) in [5.74, 6) is 0.782. The van der Waals surface area contributed by atoms with E-state index in [1.54, 1.807) is 13.4 Å². The Morgan fingerprint density at radius 3 is 2.59 bits per heavy atom. The summed E-state index contributed by atoms with van der Waals surface area (Å²) in [5, 5.41) is 4.06. The third kappa shape index (κ3) is 4.79. The highest BCUT2D eigenvalue weighted by Gasteiger charge is 2.28. The number of benzene rings is 2. The molecule has 0 saturated carbocycles. The van der Waals surface area contributed by atoms with Gasteiger partial charge in [0.2, 0.25) is 11.8 Å². The minimum absolute atomic E-state index is 0.0241. The Morgan fingerprint density at radius 1 is 1.16 bits per heavy atom. The lowest BCUT2D eigenvalue weighted by Gasteiger charge is -2.34. The summed E-state index contributed by atoms with van der Waals surface area (Å²) in [6.07, 6.45) is 4.23. The lowest BCUT2D eigenvalue weighted by molar-refractivity contribution is -0.134. The molecule has 1 unspecified atom stereocenters. The van der Waals surface area contributed by atoms with Crippen molar-refractivity contribution in [2.24, 2.45) is 0 Å². The van der Waals surface area contributed by atoms with Crippen molar-refractivity contribution in [3.8, 4) is 5.75 Å². The lowest BCUT2D eigenvalue weighted by atomic mass is 9.93. The van der Waals surface area contributed by atoms with Crippen LogP contribution in [0.15, 0.2) is 59.2 Å². The first-order valence-electron chi connectivity index (χ1n) is 11.3. The molecule has 2 heterocycles. The van der Waals surface area contributed by atoms with Gasteiger partial charge >= 0.3 is 0 Å². The van der Waals surface area contributed by atoms with Crippen molar-refractivity contribution < 1.29 is 18.7 Å². The molecule has 0 spiro atoms. The summed E-state index contributed by atoms with van der Waals surface area (Å²) in [7, 11) is 1.61. The SMILES string of the molecule is CCC(C(=O)N1CCC(NC(=O)Cc2coc3cc(OC)ccc23)CC1)c1ccccc1. The second kappa shape index (κ2) is 9.90. The number of fused-ring (bicyclic) bond motifs is 1. The van der Waals surface area contributed by atoms with Crippen molar-refractivity contribution in [1.82, 2.24) is 10.2 Å². The Labute approximate surface area is 188 Å². The van der Waals surface area contributed by atoms with Crippen LogP contribution >= 0.6 is 0 Å². The second-order valence-corrected chi connectivity index (χ2v) is 8.34. The molecule has 2 aromatic carbocycles. The van der Waals surface area contributed by atoms with E-state index in [1.807, 2.05) is 53.4 Å². The average Bonchev–Trinajstić information content (AvgIpc) is 3.22. The molecule has 1 saturated heterocycles. The maximum Gasteiger partial charge on any atom is 0.230 e. The monoisotopic (exact) mass is 434 g/mol. The number of likely N-dealkylation sites (tertiary alicyclic amines) is 1. The molecule has 0 aliphatic carbocycles. The molecule has 6 nitrogen and oxygen atoms in total. The number of piperidine rings is 1. The number of ether oxygens (including phenoxy) is 1. The van der Waals surface area contributed by atoms with E-state index in [9.17, 15) is 9.59 Å². The third-order valence-corrected chi connectivity index (χ3v) is 6.29. The number of rotatable bonds is 7. The van der Waals surface area contributed by atoms with Crippen LogP contribution in [-0.4, -0.2) is 43.0 Å². The van der Waals surface area contributed by atoms with E-state index in [0.29, 0.717) is 18.7 Å². The highest BCUT2D eigenvalue weighted by atomic mass is 16.5. The molecule has 1 fully saturated rings. The summed E-state index contributed by atoms with van der Waals surface area (Å²) in [4.78, 5) is 27.6. The van der Waals surface area contributed by atoms with Crippen molar-refractivity contribution in [2.45, 2.75) is 44.6 Å². The largest absolute Gasteiger partial charge is 0.497 e. The van der Waals surface area contributed by atoms with Gasteiger partial charge in [-0.1, -0.05) is 37.3 Å². The molecular formula is C26H30N2O4. The number of carbonyl (C=O) groups excluding carboxylic acids is 2. The molecule has 0 radical (unpaired) electrons. The number of hydrogen-bond acceptors (Lipinski definition) is 4. The molecule has 1 aliphatic heterocycles. The van der Waals surface area contributed by atoms with E-state index in [2.05, 4.69) is 12.2 Å². The van der Waals surface area contributed by atoms with Crippen LogP contribution in [0.3, 0.4) is 0 Å². The minimum Gasteiger partial charge on any atom is -0.497 e. The number of amides is 2. The number of carbonyl (C=O) groups is 2. The lowest BCUT2D eigenvalue weighted by Crippen LogP contribution is -2.48. The standard InChI is InChI=1S/C26H30N2O4/c1-3-22(18-7-5-4-6-8-18)26(30)28-13-11-20(12-14-28)27-25(29)15-19-17-32-24-16-21(31-2)9-10-23(19)24/h4-10,16-17,20,22H,3,11-15H2,1-2H3,(H,27,29). The quantitative estimate of drug-likeness (QED) is 0.602. The molecule has 1 atom stereocenters. The van der Waals surface area contributed by atoms with Crippen molar-refractivity contribution >= 4 is 22.8 Å². The van der Waals surface area contributed by atoms with Crippen molar-refractivity contribution in [2.75, 3.05) is 20.2 Å². The fourth-order valence-corrected chi connectivity index (χ4v) is 4.48. The second-order valence-electron chi connectivity index (χ2n) is 8.34. The molecule has 1 aromatic heterocycles. The van der Waals surface area contributed by atoms with Gasteiger partial charge < -0.3 is 19.4 Å². The summed E-state index contributed by atoms with van der Waals surface area (Å²) in [6.45, 7) is 3.39. The molecule has 32 heavy (non-hydrogen) atoms. The molecule has 2 amide bonds. The molecular weight excluding hydrogens is 404 g/mol. The topological polar surface area (TPSA) is 71.8 Å². The molecule has 6 heteroatoms. The van der Waals surface area contributed by atoms with E-state index in [0.717, 1.165) is 41.5 Å². The van der Waals surface area contributed by atoms with Crippen molar-refractivity contribution in [3.63, 3.8) is 0 Å². The fraction of sp³-hybridized carbons (Fsp3) is 0.385.